The van der Waals surface area contributed by atoms with Crippen LogP contribution in [0.4, 0.5) is 0 Å². The minimum atomic E-state index is 0.733. The maximum Gasteiger partial charge on any atom is 0.161 e. The van der Waals surface area contributed by atoms with Crippen molar-refractivity contribution >= 4 is 23.6 Å². The lowest BCUT2D eigenvalue weighted by Gasteiger charge is -2.13. The van der Waals surface area contributed by atoms with Crippen molar-refractivity contribution in [2.75, 3.05) is 7.11 Å². The van der Waals surface area contributed by atoms with E-state index >= 15 is 0 Å². The molecule has 0 atom stereocenters. The van der Waals surface area contributed by atoms with E-state index in [0.717, 1.165) is 27.5 Å². The molecule has 2 heterocycles. The SMILES string of the molecule is COc1cc(C)ccc1-c1csc(=S)n1Cc1ccncc1. The third-order valence-electron chi connectivity index (χ3n) is 3.51. The molecule has 0 bridgehead atoms. The molecule has 0 aliphatic carbocycles. The number of rotatable bonds is 4. The van der Waals surface area contributed by atoms with Gasteiger partial charge in [-0.05, 0) is 54.5 Å². The van der Waals surface area contributed by atoms with Crippen molar-refractivity contribution in [2.45, 2.75) is 13.5 Å². The van der Waals surface area contributed by atoms with Crippen LogP contribution in [0.15, 0.2) is 48.1 Å². The molecule has 0 fully saturated rings. The summed E-state index contributed by atoms with van der Waals surface area (Å²) in [5.41, 5.74) is 4.50. The van der Waals surface area contributed by atoms with Crippen LogP contribution in [0.3, 0.4) is 0 Å². The highest BCUT2D eigenvalue weighted by Crippen LogP contribution is 2.33. The normalized spacial score (nSPS) is 10.6. The Morgan fingerprint density at radius 1 is 1.23 bits per heavy atom. The van der Waals surface area contributed by atoms with Gasteiger partial charge in [0.05, 0.1) is 12.8 Å². The quantitative estimate of drug-likeness (QED) is 0.649. The van der Waals surface area contributed by atoms with Crippen LogP contribution in [-0.2, 0) is 6.54 Å². The average Bonchev–Trinajstić information content (AvgIpc) is 2.89. The van der Waals surface area contributed by atoms with Gasteiger partial charge >= 0.3 is 0 Å². The Morgan fingerprint density at radius 2 is 2.00 bits per heavy atom. The standard InChI is InChI=1S/C17H16N2OS2/c1-12-3-4-14(16(9-12)20-2)15-11-22-17(21)19(15)10-13-5-7-18-8-6-13/h3-9,11H,10H2,1-2H3. The van der Waals surface area contributed by atoms with E-state index in [-0.39, 0.29) is 0 Å². The van der Waals surface area contributed by atoms with Crippen molar-refractivity contribution in [2.24, 2.45) is 0 Å². The highest BCUT2D eigenvalue weighted by molar-refractivity contribution is 7.73. The predicted octanol–water partition coefficient (Wildman–Crippen LogP) is 4.71. The minimum Gasteiger partial charge on any atom is -0.496 e. The molecule has 0 saturated carbocycles. The van der Waals surface area contributed by atoms with Crippen LogP contribution in [0.1, 0.15) is 11.1 Å². The third-order valence-corrected chi connectivity index (χ3v) is 4.78. The first-order valence-electron chi connectivity index (χ1n) is 6.91. The number of methoxy groups -OCH3 is 1. The molecule has 112 valence electrons. The number of nitrogens with zero attached hydrogens (tertiary/aromatic N) is 2. The van der Waals surface area contributed by atoms with Gasteiger partial charge in [-0.1, -0.05) is 6.07 Å². The van der Waals surface area contributed by atoms with E-state index in [2.05, 4.69) is 34.0 Å². The van der Waals surface area contributed by atoms with Crippen LogP contribution in [0.2, 0.25) is 0 Å². The molecule has 0 saturated heterocycles. The summed E-state index contributed by atoms with van der Waals surface area (Å²) in [6, 6.07) is 10.3. The van der Waals surface area contributed by atoms with Crippen LogP contribution >= 0.6 is 23.6 Å². The molecule has 0 spiro atoms. The summed E-state index contributed by atoms with van der Waals surface area (Å²) in [5.74, 6) is 0.872. The van der Waals surface area contributed by atoms with Crippen molar-refractivity contribution in [1.29, 1.82) is 0 Å². The van der Waals surface area contributed by atoms with Crippen molar-refractivity contribution in [3.8, 4) is 17.0 Å². The molecule has 22 heavy (non-hydrogen) atoms. The lowest BCUT2D eigenvalue weighted by atomic mass is 10.1. The number of benzene rings is 1. The monoisotopic (exact) mass is 328 g/mol. The summed E-state index contributed by atoms with van der Waals surface area (Å²) in [6.45, 7) is 2.79. The second-order valence-corrected chi connectivity index (χ2v) is 6.54. The van der Waals surface area contributed by atoms with Crippen molar-refractivity contribution < 1.29 is 4.74 Å². The van der Waals surface area contributed by atoms with E-state index in [1.54, 1.807) is 30.8 Å². The fraction of sp³-hybridized carbons (Fsp3) is 0.176. The summed E-state index contributed by atoms with van der Waals surface area (Å²) >= 11 is 7.08. The molecular formula is C17H16N2OS2. The Balaban J connectivity index is 2.08. The van der Waals surface area contributed by atoms with Crippen LogP contribution in [-0.4, -0.2) is 16.7 Å². The first-order valence-corrected chi connectivity index (χ1v) is 8.20. The van der Waals surface area contributed by atoms with Gasteiger partial charge in [0.15, 0.2) is 3.95 Å². The first-order chi connectivity index (χ1) is 10.7. The molecule has 0 aliphatic heterocycles. The zero-order chi connectivity index (χ0) is 15.5. The number of pyridine rings is 1. The first kappa shape index (κ1) is 14.9. The van der Waals surface area contributed by atoms with Crippen LogP contribution in [0.25, 0.3) is 11.3 Å². The largest absolute Gasteiger partial charge is 0.496 e. The van der Waals surface area contributed by atoms with Crippen LogP contribution in [0, 0.1) is 10.9 Å². The molecule has 5 heteroatoms. The lowest BCUT2D eigenvalue weighted by Crippen LogP contribution is -2.02. The Hall–Kier alpha value is -1.98. The summed E-state index contributed by atoms with van der Waals surface area (Å²) in [6.07, 6.45) is 3.61. The number of hydrogen-bond acceptors (Lipinski definition) is 4. The Morgan fingerprint density at radius 3 is 2.73 bits per heavy atom. The van der Waals surface area contributed by atoms with Gasteiger partial charge in [-0.25, -0.2) is 0 Å². The Labute approximate surface area is 138 Å². The molecule has 0 amide bonds. The van der Waals surface area contributed by atoms with E-state index in [1.807, 2.05) is 18.2 Å². The fourth-order valence-electron chi connectivity index (χ4n) is 2.37. The van der Waals surface area contributed by atoms with E-state index < -0.39 is 0 Å². The van der Waals surface area contributed by atoms with Crippen molar-refractivity contribution in [1.82, 2.24) is 9.55 Å². The molecule has 0 aliphatic rings. The number of ether oxygens (including phenoxy) is 1. The number of hydrogen-bond donors (Lipinski definition) is 0. The maximum atomic E-state index is 5.54. The van der Waals surface area contributed by atoms with E-state index in [0.29, 0.717) is 0 Å². The minimum absolute atomic E-state index is 0.733. The summed E-state index contributed by atoms with van der Waals surface area (Å²) in [4.78, 5) is 4.06. The summed E-state index contributed by atoms with van der Waals surface area (Å²) in [7, 11) is 1.70. The number of aryl methyl sites for hydroxylation is 1. The fourth-order valence-corrected chi connectivity index (χ4v) is 3.44. The second kappa shape index (κ2) is 6.42. The van der Waals surface area contributed by atoms with Crippen molar-refractivity contribution in [3.63, 3.8) is 0 Å². The molecular weight excluding hydrogens is 312 g/mol. The zero-order valence-electron chi connectivity index (χ0n) is 12.4. The average molecular weight is 328 g/mol. The maximum absolute atomic E-state index is 5.54. The third kappa shape index (κ3) is 2.96. The van der Waals surface area contributed by atoms with Gasteiger partial charge < -0.3 is 9.30 Å². The van der Waals surface area contributed by atoms with Crippen LogP contribution in [0.5, 0.6) is 5.75 Å². The van der Waals surface area contributed by atoms with Crippen LogP contribution < -0.4 is 4.74 Å². The molecule has 0 radical (unpaired) electrons. The molecule has 2 aromatic heterocycles. The second-order valence-electron chi connectivity index (χ2n) is 5.03. The van der Waals surface area contributed by atoms with Gasteiger partial charge in [0, 0.05) is 29.9 Å². The smallest absolute Gasteiger partial charge is 0.161 e. The Kier molecular flexibility index (Phi) is 4.36. The number of aromatic nitrogens is 2. The number of thiazole rings is 1. The van der Waals surface area contributed by atoms with E-state index in [1.165, 1.54) is 11.1 Å². The highest BCUT2D eigenvalue weighted by Gasteiger charge is 2.12. The molecule has 3 rings (SSSR count). The van der Waals surface area contributed by atoms with Gasteiger partial charge in [0.2, 0.25) is 0 Å². The van der Waals surface area contributed by atoms with Crippen molar-refractivity contribution in [3.05, 3.63) is 63.2 Å². The van der Waals surface area contributed by atoms with Gasteiger partial charge in [0.1, 0.15) is 5.75 Å². The topological polar surface area (TPSA) is 27.1 Å². The summed E-state index contributed by atoms with van der Waals surface area (Å²) < 4.78 is 8.54. The molecule has 1 aromatic carbocycles. The van der Waals surface area contributed by atoms with Gasteiger partial charge in [-0.2, -0.15) is 0 Å². The highest BCUT2D eigenvalue weighted by atomic mass is 32.1. The van der Waals surface area contributed by atoms with Gasteiger partial charge in [-0.15, -0.1) is 11.3 Å². The molecule has 3 nitrogen and oxygen atoms in total. The van der Waals surface area contributed by atoms with Gasteiger partial charge in [0.25, 0.3) is 0 Å². The van der Waals surface area contributed by atoms with Gasteiger partial charge in [-0.3, -0.25) is 4.98 Å². The Bertz CT molecular complexity index is 837. The molecule has 0 N–H and O–H groups in total. The summed E-state index contributed by atoms with van der Waals surface area (Å²) in [5, 5.41) is 2.09. The predicted molar refractivity (Wildman–Crippen MR) is 93.2 cm³/mol. The van der Waals surface area contributed by atoms with E-state index in [4.69, 9.17) is 17.0 Å². The molecule has 0 unspecified atom stereocenters. The molecule has 3 aromatic rings. The zero-order valence-corrected chi connectivity index (χ0v) is 14.1. The van der Waals surface area contributed by atoms with E-state index in [9.17, 15) is 0 Å². The lowest BCUT2D eigenvalue weighted by molar-refractivity contribution is 0.415.